The van der Waals surface area contributed by atoms with Crippen molar-refractivity contribution in [2.75, 3.05) is 36.9 Å². The first-order valence-corrected chi connectivity index (χ1v) is 7.30. The lowest BCUT2D eigenvalue weighted by molar-refractivity contribution is 0.0381. The number of nitrogens with zero attached hydrogens (tertiary/aromatic N) is 2. The van der Waals surface area contributed by atoms with Crippen molar-refractivity contribution in [2.24, 2.45) is 0 Å². The van der Waals surface area contributed by atoms with Crippen molar-refractivity contribution >= 4 is 11.6 Å². The molecule has 6 nitrogen and oxygen atoms in total. The topological polar surface area (TPSA) is 79.3 Å². The number of ether oxygens (including phenoxy) is 1. The van der Waals surface area contributed by atoms with Crippen LogP contribution in [0, 0.1) is 0 Å². The molecule has 1 aliphatic rings. The Morgan fingerprint density at radius 3 is 2.65 bits per heavy atom. The van der Waals surface area contributed by atoms with Gasteiger partial charge in [-0.2, -0.15) is 0 Å². The maximum Gasteiger partial charge on any atom is 0.134 e. The van der Waals surface area contributed by atoms with Crippen molar-refractivity contribution in [3.63, 3.8) is 0 Å². The molecule has 1 fully saturated rings. The van der Waals surface area contributed by atoms with Crippen molar-refractivity contribution in [1.82, 2.24) is 9.97 Å². The monoisotopic (exact) mass is 280 g/mol. The fourth-order valence-corrected chi connectivity index (χ4v) is 2.36. The van der Waals surface area contributed by atoms with Crippen molar-refractivity contribution < 1.29 is 9.84 Å². The SMILES string of the molecule is CCCc1c(NCC)ncnc1NCC1(O)CCOC1. The van der Waals surface area contributed by atoms with Gasteiger partial charge in [0.2, 0.25) is 0 Å². The van der Waals surface area contributed by atoms with Gasteiger partial charge in [-0.3, -0.25) is 0 Å². The van der Waals surface area contributed by atoms with Crippen LogP contribution in [0.15, 0.2) is 6.33 Å². The van der Waals surface area contributed by atoms with Gasteiger partial charge in [0, 0.05) is 31.7 Å². The molecule has 0 bridgehead atoms. The summed E-state index contributed by atoms with van der Waals surface area (Å²) in [5.41, 5.74) is 0.298. The summed E-state index contributed by atoms with van der Waals surface area (Å²) in [6, 6.07) is 0. The van der Waals surface area contributed by atoms with Crippen LogP contribution in [0.2, 0.25) is 0 Å². The number of rotatable bonds is 7. The van der Waals surface area contributed by atoms with Crippen molar-refractivity contribution in [3.05, 3.63) is 11.9 Å². The number of hydrogen-bond donors (Lipinski definition) is 3. The maximum absolute atomic E-state index is 10.3. The summed E-state index contributed by atoms with van der Waals surface area (Å²) in [5, 5.41) is 16.8. The third-order valence-corrected chi connectivity index (χ3v) is 3.46. The van der Waals surface area contributed by atoms with E-state index in [-0.39, 0.29) is 0 Å². The number of anilines is 2. The van der Waals surface area contributed by atoms with Gasteiger partial charge in [-0.15, -0.1) is 0 Å². The molecule has 0 radical (unpaired) electrons. The van der Waals surface area contributed by atoms with Crippen molar-refractivity contribution in [1.29, 1.82) is 0 Å². The Balaban J connectivity index is 2.11. The molecule has 1 unspecified atom stereocenters. The zero-order chi connectivity index (χ0) is 14.4. The molecule has 20 heavy (non-hydrogen) atoms. The molecule has 112 valence electrons. The van der Waals surface area contributed by atoms with Crippen molar-refractivity contribution in [2.45, 2.75) is 38.7 Å². The molecule has 2 rings (SSSR count). The molecule has 1 aromatic heterocycles. The summed E-state index contributed by atoms with van der Waals surface area (Å²) in [7, 11) is 0. The molecule has 1 aromatic rings. The Morgan fingerprint density at radius 1 is 1.30 bits per heavy atom. The van der Waals surface area contributed by atoms with Gasteiger partial charge in [0.1, 0.15) is 23.6 Å². The molecule has 6 heteroatoms. The zero-order valence-corrected chi connectivity index (χ0v) is 12.3. The lowest BCUT2D eigenvalue weighted by atomic mass is 10.0. The molecule has 2 heterocycles. The summed E-state index contributed by atoms with van der Waals surface area (Å²) in [6.07, 6.45) is 4.14. The van der Waals surface area contributed by atoms with E-state index in [2.05, 4.69) is 27.5 Å². The van der Waals surface area contributed by atoms with E-state index in [1.54, 1.807) is 6.33 Å². The molecule has 1 saturated heterocycles. The smallest absolute Gasteiger partial charge is 0.134 e. The van der Waals surface area contributed by atoms with Crippen LogP contribution in [0.25, 0.3) is 0 Å². The Kier molecular flexibility index (Phi) is 5.14. The minimum atomic E-state index is -0.785. The molecule has 1 aliphatic heterocycles. The third-order valence-electron chi connectivity index (χ3n) is 3.46. The normalized spacial score (nSPS) is 21.9. The van der Waals surface area contributed by atoms with Crippen LogP contribution in [0.1, 0.15) is 32.3 Å². The average Bonchev–Trinajstić information content (AvgIpc) is 2.87. The second-order valence-electron chi connectivity index (χ2n) is 5.21. The van der Waals surface area contributed by atoms with Crippen LogP contribution in [-0.2, 0) is 11.2 Å². The first-order valence-electron chi connectivity index (χ1n) is 7.30. The van der Waals surface area contributed by atoms with E-state index in [0.717, 1.165) is 36.6 Å². The molecule has 3 N–H and O–H groups in total. The highest BCUT2D eigenvalue weighted by Crippen LogP contribution is 2.24. The fourth-order valence-electron chi connectivity index (χ4n) is 2.36. The van der Waals surface area contributed by atoms with Crippen LogP contribution in [0.4, 0.5) is 11.6 Å². The van der Waals surface area contributed by atoms with Crippen LogP contribution in [0.5, 0.6) is 0 Å². The highest BCUT2D eigenvalue weighted by atomic mass is 16.5. The predicted molar refractivity (Wildman–Crippen MR) is 79.1 cm³/mol. The summed E-state index contributed by atoms with van der Waals surface area (Å²) in [4.78, 5) is 8.61. The average molecular weight is 280 g/mol. The van der Waals surface area contributed by atoms with E-state index < -0.39 is 5.60 Å². The van der Waals surface area contributed by atoms with E-state index >= 15 is 0 Å². The molecular weight excluding hydrogens is 256 g/mol. The minimum Gasteiger partial charge on any atom is -0.386 e. The standard InChI is InChI=1S/C14H24N4O2/c1-3-5-11-12(15-4-2)17-10-18-13(11)16-8-14(19)6-7-20-9-14/h10,19H,3-9H2,1-2H3,(H2,15,16,17,18). The van der Waals surface area contributed by atoms with E-state index in [0.29, 0.717) is 26.2 Å². The van der Waals surface area contributed by atoms with Crippen LogP contribution in [-0.4, -0.2) is 47.0 Å². The Labute approximate surface area is 120 Å². The third kappa shape index (κ3) is 3.58. The number of hydrogen-bond acceptors (Lipinski definition) is 6. The predicted octanol–water partition coefficient (Wildman–Crippen LogP) is 1.42. The Hall–Kier alpha value is -1.40. The largest absolute Gasteiger partial charge is 0.386 e. The second-order valence-corrected chi connectivity index (χ2v) is 5.21. The molecule has 0 saturated carbocycles. The number of aromatic nitrogens is 2. The number of aliphatic hydroxyl groups is 1. The van der Waals surface area contributed by atoms with Gasteiger partial charge >= 0.3 is 0 Å². The van der Waals surface area contributed by atoms with E-state index in [9.17, 15) is 5.11 Å². The molecule has 0 spiro atoms. The van der Waals surface area contributed by atoms with Gasteiger partial charge in [0.25, 0.3) is 0 Å². The van der Waals surface area contributed by atoms with E-state index in [1.165, 1.54) is 0 Å². The first-order chi connectivity index (χ1) is 9.68. The van der Waals surface area contributed by atoms with E-state index in [1.807, 2.05) is 6.92 Å². The van der Waals surface area contributed by atoms with Gasteiger partial charge in [-0.25, -0.2) is 9.97 Å². The van der Waals surface area contributed by atoms with Crippen molar-refractivity contribution in [3.8, 4) is 0 Å². The number of nitrogens with one attached hydrogen (secondary N) is 2. The van der Waals surface area contributed by atoms with Crippen LogP contribution < -0.4 is 10.6 Å². The summed E-state index contributed by atoms with van der Waals surface area (Å²) in [5.74, 6) is 1.68. The lowest BCUT2D eigenvalue weighted by Crippen LogP contribution is -2.37. The Morgan fingerprint density at radius 2 is 2.05 bits per heavy atom. The van der Waals surface area contributed by atoms with Crippen LogP contribution >= 0.6 is 0 Å². The fraction of sp³-hybridized carbons (Fsp3) is 0.714. The lowest BCUT2D eigenvalue weighted by Gasteiger charge is -2.22. The minimum absolute atomic E-state index is 0.383. The molecule has 1 atom stereocenters. The summed E-state index contributed by atoms with van der Waals surface area (Å²) < 4.78 is 5.25. The van der Waals surface area contributed by atoms with Gasteiger partial charge < -0.3 is 20.5 Å². The van der Waals surface area contributed by atoms with Gasteiger partial charge in [0.05, 0.1) is 6.61 Å². The zero-order valence-electron chi connectivity index (χ0n) is 12.3. The second kappa shape index (κ2) is 6.85. The van der Waals surface area contributed by atoms with Gasteiger partial charge in [-0.05, 0) is 13.3 Å². The highest BCUT2D eigenvalue weighted by molar-refractivity contribution is 5.57. The summed E-state index contributed by atoms with van der Waals surface area (Å²) >= 11 is 0. The Bertz CT molecular complexity index is 433. The quantitative estimate of drug-likeness (QED) is 0.701. The van der Waals surface area contributed by atoms with Crippen LogP contribution in [0.3, 0.4) is 0 Å². The van der Waals surface area contributed by atoms with Gasteiger partial charge in [0.15, 0.2) is 0 Å². The van der Waals surface area contributed by atoms with E-state index in [4.69, 9.17) is 4.74 Å². The molecular formula is C14H24N4O2. The molecule has 0 aliphatic carbocycles. The molecule has 0 aromatic carbocycles. The first kappa shape index (κ1) is 15.0. The highest BCUT2D eigenvalue weighted by Gasteiger charge is 2.32. The van der Waals surface area contributed by atoms with Gasteiger partial charge in [-0.1, -0.05) is 13.3 Å². The summed E-state index contributed by atoms with van der Waals surface area (Å²) in [6.45, 7) is 6.45. The molecule has 0 amide bonds. The maximum atomic E-state index is 10.3.